The van der Waals surface area contributed by atoms with E-state index < -0.39 is 11.4 Å². The summed E-state index contributed by atoms with van der Waals surface area (Å²) in [5.41, 5.74) is 10.2. The zero-order chi connectivity index (χ0) is 14.5. The van der Waals surface area contributed by atoms with Gasteiger partial charge in [-0.1, -0.05) is 0 Å². The third-order valence-electron chi connectivity index (χ3n) is 4.33. The van der Waals surface area contributed by atoms with E-state index in [0.29, 0.717) is 12.5 Å². The van der Waals surface area contributed by atoms with Gasteiger partial charge in [0.25, 0.3) is 0 Å². The topological polar surface area (TPSA) is 75.6 Å². The average Bonchev–Trinajstić information content (AvgIpc) is 2.35. The molecule has 1 saturated heterocycles. The minimum Gasteiger partial charge on any atom is -0.368 e. The first-order chi connectivity index (χ1) is 8.83. The summed E-state index contributed by atoms with van der Waals surface area (Å²) in [5, 5.41) is 0. The lowest BCUT2D eigenvalue weighted by molar-refractivity contribution is -0.122. The number of likely N-dealkylation sites (tertiary alicyclic amines) is 1. The van der Waals surface area contributed by atoms with Crippen molar-refractivity contribution in [3.8, 4) is 0 Å². The van der Waals surface area contributed by atoms with Crippen molar-refractivity contribution in [2.75, 3.05) is 33.7 Å². The lowest BCUT2D eigenvalue weighted by Crippen LogP contribution is -2.49. The zero-order valence-electron chi connectivity index (χ0n) is 12.7. The second-order valence-corrected chi connectivity index (χ2v) is 6.25. The fourth-order valence-electron chi connectivity index (χ4n) is 2.59. The molecule has 1 rings (SSSR count). The van der Waals surface area contributed by atoms with Crippen molar-refractivity contribution in [1.29, 1.82) is 0 Å². The maximum Gasteiger partial charge on any atom is 0.237 e. The monoisotopic (exact) mass is 270 g/mol. The Morgan fingerprint density at radius 3 is 2.47 bits per heavy atom. The van der Waals surface area contributed by atoms with Gasteiger partial charge >= 0.3 is 0 Å². The summed E-state index contributed by atoms with van der Waals surface area (Å²) in [6.07, 6.45) is 5.20. The molecule has 1 aliphatic rings. The molecule has 1 heterocycles. The van der Waals surface area contributed by atoms with Gasteiger partial charge in [0.05, 0.1) is 5.54 Å². The molecule has 112 valence electrons. The number of rotatable bonds is 7. The molecule has 19 heavy (non-hydrogen) atoms. The molecule has 5 heteroatoms. The van der Waals surface area contributed by atoms with Crippen LogP contribution in [0.5, 0.6) is 0 Å². The summed E-state index contributed by atoms with van der Waals surface area (Å²) in [5.74, 6) is -0.406. The lowest BCUT2D eigenvalue weighted by atomic mass is 9.95. The van der Waals surface area contributed by atoms with Gasteiger partial charge < -0.3 is 21.3 Å². The van der Waals surface area contributed by atoms with Gasteiger partial charge in [-0.3, -0.25) is 4.79 Å². The van der Waals surface area contributed by atoms with E-state index in [9.17, 15) is 4.79 Å². The summed E-state index contributed by atoms with van der Waals surface area (Å²) in [4.78, 5) is 15.9. The number of hydrogen-bond acceptors (Lipinski definition) is 4. The molecular weight excluding hydrogens is 240 g/mol. The molecule has 0 aliphatic carbocycles. The van der Waals surface area contributed by atoms with Crippen molar-refractivity contribution in [2.24, 2.45) is 11.5 Å². The van der Waals surface area contributed by atoms with Crippen LogP contribution in [-0.4, -0.2) is 61.0 Å². The highest BCUT2D eigenvalue weighted by Gasteiger charge is 2.25. The van der Waals surface area contributed by atoms with E-state index >= 15 is 0 Å². The van der Waals surface area contributed by atoms with Crippen LogP contribution in [0.2, 0.25) is 0 Å². The van der Waals surface area contributed by atoms with Crippen LogP contribution in [0.4, 0.5) is 0 Å². The molecule has 0 radical (unpaired) electrons. The molecule has 1 aliphatic heterocycles. The summed E-state index contributed by atoms with van der Waals surface area (Å²) in [6.45, 7) is 5.17. The molecule has 0 saturated carbocycles. The highest BCUT2D eigenvalue weighted by atomic mass is 16.1. The van der Waals surface area contributed by atoms with Crippen molar-refractivity contribution in [3.63, 3.8) is 0 Å². The number of carbonyl (C=O) groups is 1. The molecule has 1 fully saturated rings. The fraction of sp³-hybridized carbons (Fsp3) is 0.929. The fourth-order valence-corrected chi connectivity index (χ4v) is 2.59. The first-order valence-electron chi connectivity index (χ1n) is 7.30. The van der Waals surface area contributed by atoms with E-state index in [-0.39, 0.29) is 0 Å². The molecule has 0 aromatic carbocycles. The third kappa shape index (κ3) is 5.47. The molecule has 0 bridgehead atoms. The van der Waals surface area contributed by atoms with Crippen LogP contribution in [0.15, 0.2) is 0 Å². The number of nitrogens with zero attached hydrogens (tertiary/aromatic N) is 2. The van der Waals surface area contributed by atoms with Crippen molar-refractivity contribution < 1.29 is 4.79 Å². The maximum absolute atomic E-state index is 11.1. The van der Waals surface area contributed by atoms with E-state index in [1.54, 1.807) is 6.92 Å². The second kappa shape index (κ2) is 7.22. The van der Waals surface area contributed by atoms with Crippen molar-refractivity contribution in [3.05, 3.63) is 0 Å². The number of primary amides is 1. The highest BCUT2D eigenvalue weighted by Crippen LogP contribution is 2.16. The predicted octanol–water partition coefficient (Wildman–Crippen LogP) is 0.385. The zero-order valence-corrected chi connectivity index (χ0v) is 12.7. The number of piperidine rings is 1. The quantitative estimate of drug-likeness (QED) is 0.656. The number of hydrogen-bond donors (Lipinski definition) is 2. The Labute approximate surface area is 117 Å². The van der Waals surface area contributed by atoms with Gasteiger partial charge in [0.2, 0.25) is 5.91 Å². The van der Waals surface area contributed by atoms with E-state index in [4.69, 9.17) is 11.5 Å². The Balaban J connectivity index is 2.17. The van der Waals surface area contributed by atoms with E-state index in [0.717, 1.165) is 19.4 Å². The van der Waals surface area contributed by atoms with Crippen LogP contribution in [0.1, 0.15) is 39.0 Å². The molecule has 0 aromatic heterocycles. The van der Waals surface area contributed by atoms with Crippen LogP contribution in [0.3, 0.4) is 0 Å². The molecule has 0 aromatic rings. The lowest BCUT2D eigenvalue weighted by Gasteiger charge is -2.35. The Hall–Kier alpha value is -0.650. The average molecular weight is 270 g/mol. The summed E-state index contributed by atoms with van der Waals surface area (Å²) < 4.78 is 0. The molecule has 5 nitrogen and oxygen atoms in total. The minimum absolute atomic E-state index is 0.406. The summed E-state index contributed by atoms with van der Waals surface area (Å²) in [7, 11) is 4.38. The Morgan fingerprint density at radius 2 is 1.95 bits per heavy atom. The number of carbonyl (C=O) groups excluding carboxylic acids is 1. The smallest absolute Gasteiger partial charge is 0.237 e. The maximum atomic E-state index is 11.1. The van der Waals surface area contributed by atoms with Gasteiger partial charge in [0.15, 0.2) is 0 Å². The number of amides is 1. The molecule has 1 amide bonds. The molecular formula is C14H30N4O. The number of nitrogens with two attached hydrogens (primary N) is 2. The normalized spacial score (nSPS) is 21.5. The van der Waals surface area contributed by atoms with Crippen LogP contribution < -0.4 is 11.5 Å². The first-order valence-corrected chi connectivity index (χ1v) is 7.30. The molecule has 1 unspecified atom stereocenters. The van der Waals surface area contributed by atoms with Gasteiger partial charge in [0, 0.05) is 6.04 Å². The summed E-state index contributed by atoms with van der Waals surface area (Å²) in [6, 6.07) is 0.705. The van der Waals surface area contributed by atoms with Crippen LogP contribution in [0.25, 0.3) is 0 Å². The second-order valence-electron chi connectivity index (χ2n) is 6.25. The van der Waals surface area contributed by atoms with E-state index in [2.05, 4.69) is 23.9 Å². The largest absolute Gasteiger partial charge is 0.368 e. The first kappa shape index (κ1) is 16.4. The minimum atomic E-state index is -0.855. The van der Waals surface area contributed by atoms with Gasteiger partial charge in [-0.05, 0) is 72.8 Å². The van der Waals surface area contributed by atoms with E-state index in [1.165, 1.54) is 25.9 Å². The molecule has 1 atom stereocenters. The molecule has 4 N–H and O–H groups in total. The highest BCUT2D eigenvalue weighted by molar-refractivity contribution is 5.83. The number of unbranched alkanes of at least 4 members (excludes halogenated alkanes) is 1. The molecule has 0 spiro atoms. The Bertz CT molecular complexity index is 285. The standard InChI is InChI=1S/C14H30N4O/c1-14(16,13(15)19)8-4-5-9-18(3)12-6-10-17(2)11-7-12/h12H,4-11,16H2,1-3H3,(H2,15,19). The van der Waals surface area contributed by atoms with Crippen molar-refractivity contribution in [2.45, 2.75) is 50.6 Å². The van der Waals surface area contributed by atoms with Gasteiger partial charge in [-0.15, -0.1) is 0 Å². The third-order valence-corrected chi connectivity index (χ3v) is 4.33. The Kier molecular flexibility index (Phi) is 6.23. The van der Waals surface area contributed by atoms with Crippen molar-refractivity contribution >= 4 is 5.91 Å². The van der Waals surface area contributed by atoms with Gasteiger partial charge in [-0.25, -0.2) is 0 Å². The SMILES string of the molecule is CN1CCC(N(C)CCCCC(C)(N)C(N)=O)CC1. The van der Waals surface area contributed by atoms with E-state index in [1.807, 2.05) is 0 Å². The summed E-state index contributed by atoms with van der Waals surface area (Å²) >= 11 is 0. The predicted molar refractivity (Wildman–Crippen MR) is 78.8 cm³/mol. The van der Waals surface area contributed by atoms with Crippen LogP contribution >= 0.6 is 0 Å². The van der Waals surface area contributed by atoms with Gasteiger partial charge in [-0.2, -0.15) is 0 Å². The van der Waals surface area contributed by atoms with Gasteiger partial charge in [0.1, 0.15) is 0 Å². The van der Waals surface area contributed by atoms with Crippen LogP contribution in [0, 0.1) is 0 Å². The Morgan fingerprint density at radius 1 is 1.37 bits per heavy atom. The van der Waals surface area contributed by atoms with Crippen LogP contribution in [-0.2, 0) is 4.79 Å². The van der Waals surface area contributed by atoms with Crippen molar-refractivity contribution in [1.82, 2.24) is 9.80 Å².